The number of nitrogens with one attached hydrogen (secondary N) is 1. The van der Waals surface area contributed by atoms with Crippen molar-refractivity contribution in [2.45, 2.75) is 12.5 Å². The molecule has 1 aliphatic heterocycles. The largest absolute Gasteiger partial charge is 0.368 e. The first kappa shape index (κ1) is 10.9. The average Bonchev–Trinajstić information content (AvgIpc) is 2.70. The number of anilines is 1. The summed E-state index contributed by atoms with van der Waals surface area (Å²) in [7, 11) is 1.95. The molecule has 82 valence electrons. The van der Waals surface area contributed by atoms with Crippen LogP contribution in [0.25, 0.3) is 0 Å². The fraction of sp³-hybridized carbons (Fsp3) is 0.455. The topological polar surface area (TPSA) is 15.3 Å². The summed E-state index contributed by atoms with van der Waals surface area (Å²) in [4.78, 5) is 2.08. The van der Waals surface area contributed by atoms with E-state index in [1.54, 1.807) is 6.07 Å². The number of hydrogen-bond acceptors (Lipinski definition) is 2. The van der Waals surface area contributed by atoms with Gasteiger partial charge in [0.1, 0.15) is 5.82 Å². The molecule has 0 radical (unpaired) electrons. The summed E-state index contributed by atoms with van der Waals surface area (Å²) < 4.78 is 14.5. The van der Waals surface area contributed by atoms with Gasteiger partial charge in [-0.25, -0.2) is 4.39 Å². The van der Waals surface area contributed by atoms with E-state index >= 15 is 0 Å². The monoisotopic (exact) mass is 272 g/mol. The van der Waals surface area contributed by atoms with Crippen molar-refractivity contribution >= 4 is 21.6 Å². The molecule has 0 aliphatic carbocycles. The van der Waals surface area contributed by atoms with Crippen molar-refractivity contribution in [1.82, 2.24) is 5.32 Å². The van der Waals surface area contributed by atoms with Crippen LogP contribution in [-0.4, -0.2) is 26.2 Å². The fourth-order valence-electron chi connectivity index (χ4n) is 1.94. The fourth-order valence-corrected chi connectivity index (χ4v) is 2.29. The minimum Gasteiger partial charge on any atom is -0.368 e. The van der Waals surface area contributed by atoms with Gasteiger partial charge < -0.3 is 10.2 Å². The third-order valence-electron chi connectivity index (χ3n) is 2.85. The zero-order valence-corrected chi connectivity index (χ0v) is 10.2. The predicted molar refractivity (Wildman–Crippen MR) is 63.8 cm³/mol. The van der Waals surface area contributed by atoms with E-state index in [-0.39, 0.29) is 5.82 Å². The molecule has 0 aromatic heterocycles. The normalized spacial score (nSPS) is 21.0. The van der Waals surface area contributed by atoms with Gasteiger partial charge in [0.15, 0.2) is 0 Å². The molecular formula is C11H14BrFN2. The first-order valence-corrected chi connectivity index (χ1v) is 5.87. The molecule has 1 N–H and O–H groups in total. The summed E-state index contributed by atoms with van der Waals surface area (Å²) >= 11 is 3.37. The molecule has 1 saturated heterocycles. The molecule has 1 atom stereocenters. The van der Waals surface area contributed by atoms with Crippen molar-refractivity contribution in [3.05, 3.63) is 28.5 Å². The van der Waals surface area contributed by atoms with Gasteiger partial charge in [-0.3, -0.25) is 0 Å². The lowest BCUT2D eigenvalue weighted by Crippen LogP contribution is -2.29. The number of hydrogen-bond donors (Lipinski definition) is 1. The maximum Gasteiger partial charge on any atom is 0.146 e. The van der Waals surface area contributed by atoms with Crippen LogP contribution in [0.2, 0.25) is 0 Å². The number of benzene rings is 1. The summed E-state index contributed by atoms with van der Waals surface area (Å²) in [6.07, 6.45) is 1.07. The van der Waals surface area contributed by atoms with Crippen LogP contribution in [0.3, 0.4) is 0 Å². The highest BCUT2D eigenvalue weighted by atomic mass is 79.9. The highest BCUT2D eigenvalue weighted by molar-refractivity contribution is 9.10. The molecule has 1 heterocycles. The van der Waals surface area contributed by atoms with Gasteiger partial charge in [-0.05, 0) is 31.7 Å². The SMILES string of the molecule is CNC1CCN(c2cc(Br)ccc2F)C1. The van der Waals surface area contributed by atoms with Gasteiger partial charge >= 0.3 is 0 Å². The van der Waals surface area contributed by atoms with E-state index in [2.05, 4.69) is 26.1 Å². The zero-order chi connectivity index (χ0) is 10.8. The van der Waals surface area contributed by atoms with Gasteiger partial charge in [0.25, 0.3) is 0 Å². The number of likely N-dealkylation sites (N-methyl/N-ethyl adjacent to an activating group) is 1. The first-order valence-electron chi connectivity index (χ1n) is 5.08. The Morgan fingerprint density at radius 2 is 2.33 bits per heavy atom. The summed E-state index contributed by atoms with van der Waals surface area (Å²) in [5.74, 6) is -0.144. The second-order valence-electron chi connectivity index (χ2n) is 3.82. The Hall–Kier alpha value is -0.610. The molecule has 1 aromatic rings. The van der Waals surface area contributed by atoms with Crippen molar-refractivity contribution in [3.8, 4) is 0 Å². The molecule has 15 heavy (non-hydrogen) atoms. The van der Waals surface area contributed by atoms with Crippen molar-refractivity contribution in [3.63, 3.8) is 0 Å². The lowest BCUT2D eigenvalue weighted by atomic mass is 10.3. The number of nitrogens with zero attached hydrogens (tertiary/aromatic N) is 1. The predicted octanol–water partition coefficient (Wildman–Crippen LogP) is 2.39. The summed E-state index contributed by atoms with van der Waals surface area (Å²) in [5.41, 5.74) is 0.696. The van der Waals surface area contributed by atoms with Crippen LogP contribution < -0.4 is 10.2 Å². The van der Waals surface area contributed by atoms with E-state index in [9.17, 15) is 4.39 Å². The van der Waals surface area contributed by atoms with Crippen LogP contribution in [0.15, 0.2) is 22.7 Å². The minimum absolute atomic E-state index is 0.144. The second-order valence-corrected chi connectivity index (χ2v) is 4.73. The number of rotatable bonds is 2. The van der Waals surface area contributed by atoms with Gasteiger partial charge in [0.2, 0.25) is 0 Å². The molecule has 0 spiro atoms. The maximum atomic E-state index is 13.6. The molecule has 0 bridgehead atoms. The molecule has 0 amide bonds. The highest BCUT2D eigenvalue weighted by Gasteiger charge is 2.23. The molecule has 0 saturated carbocycles. The van der Waals surface area contributed by atoms with E-state index in [4.69, 9.17) is 0 Å². The van der Waals surface area contributed by atoms with Gasteiger partial charge in [0, 0.05) is 23.6 Å². The van der Waals surface area contributed by atoms with Crippen LogP contribution in [0.4, 0.5) is 10.1 Å². The molecule has 2 rings (SSSR count). The summed E-state index contributed by atoms with van der Waals surface area (Å²) in [6, 6.07) is 5.55. The quantitative estimate of drug-likeness (QED) is 0.890. The molecule has 4 heteroatoms. The van der Waals surface area contributed by atoms with Crippen LogP contribution in [-0.2, 0) is 0 Å². The van der Waals surface area contributed by atoms with E-state index in [0.717, 1.165) is 24.0 Å². The van der Waals surface area contributed by atoms with Gasteiger partial charge in [0.05, 0.1) is 5.69 Å². The van der Waals surface area contributed by atoms with E-state index in [1.165, 1.54) is 6.07 Å². The summed E-state index contributed by atoms with van der Waals surface area (Å²) in [6.45, 7) is 1.79. The smallest absolute Gasteiger partial charge is 0.146 e. The van der Waals surface area contributed by atoms with Crippen LogP contribution in [0.5, 0.6) is 0 Å². The molecule has 1 aliphatic rings. The van der Waals surface area contributed by atoms with Crippen molar-refractivity contribution in [2.24, 2.45) is 0 Å². The average molecular weight is 273 g/mol. The molecule has 2 nitrogen and oxygen atoms in total. The van der Waals surface area contributed by atoms with Crippen molar-refractivity contribution < 1.29 is 4.39 Å². The Balaban J connectivity index is 2.19. The number of halogens is 2. The van der Waals surface area contributed by atoms with Crippen LogP contribution in [0.1, 0.15) is 6.42 Å². The standard InChI is InChI=1S/C11H14BrFN2/c1-14-9-4-5-15(7-9)11-6-8(12)2-3-10(11)13/h2-3,6,9,14H,4-5,7H2,1H3. The van der Waals surface area contributed by atoms with E-state index in [1.807, 2.05) is 13.1 Å². The van der Waals surface area contributed by atoms with E-state index < -0.39 is 0 Å². The Morgan fingerprint density at radius 1 is 1.53 bits per heavy atom. The lowest BCUT2D eigenvalue weighted by molar-refractivity contribution is 0.609. The Bertz CT molecular complexity index is 356. The highest BCUT2D eigenvalue weighted by Crippen LogP contribution is 2.26. The van der Waals surface area contributed by atoms with Crippen molar-refractivity contribution in [2.75, 3.05) is 25.0 Å². The van der Waals surface area contributed by atoms with Gasteiger partial charge in [-0.1, -0.05) is 15.9 Å². The molecular weight excluding hydrogens is 259 g/mol. The minimum atomic E-state index is -0.144. The Labute approximate surface area is 97.6 Å². The Morgan fingerprint density at radius 3 is 3.00 bits per heavy atom. The molecule has 1 unspecified atom stereocenters. The lowest BCUT2D eigenvalue weighted by Gasteiger charge is -2.19. The van der Waals surface area contributed by atoms with Gasteiger partial charge in [-0.2, -0.15) is 0 Å². The third-order valence-corrected chi connectivity index (χ3v) is 3.34. The Kier molecular flexibility index (Phi) is 3.26. The van der Waals surface area contributed by atoms with Crippen LogP contribution >= 0.6 is 15.9 Å². The zero-order valence-electron chi connectivity index (χ0n) is 8.63. The molecule has 1 fully saturated rings. The van der Waals surface area contributed by atoms with Gasteiger partial charge in [-0.15, -0.1) is 0 Å². The third kappa shape index (κ3) is 2.32. The summed E-state index contributed by atoms with van der Waals surface area (Å²) in [5, 5.41) is 3.22. The second kappa shape index (κ2) is 4.49. The maximum absolute atomic E-state index is 13.6. The molecule has 1 aromatic carbocycles. The first-order chi connectivity index (χ1) is 7.20. The van der Waals surface area contributed by atoms with Crippen molar-refractivity contribution in [1.29, 1.82) is 0 Å². The van der Waals surface area contributed by atoms with E-state index in [0.29, 0.717) is 11.7 Å². The van der Waals surface area contributed by atoms with Crippen LogP contribution in [0, 0.1) is 5.82 Å².